The van der Waals surface area contributed by atoms with Crippen LogP contribution in [0.3, 0.4) is 0 Å². The topological polar surface area (TPSA) is 208 Å². The first-order valence-corrected chi connectivity index (χ1v) is 32.2. The second-order valence-electron chi connectivity index (χ2n) is 24.9. The fourth-order valence-corrected chi connectivity index (χ4v) is 15.1. The molecule has 0 radical (unpaired) electrons. The van der Waals surface area contributed by atoms with Crippen LogP contribution in [0.1, 0.15) is 131 Å². The molecule has 6 fully saturated rings. The normalized spacial score (nSPS) is 23.0. The molecule has 6 bridgehead atoms. The highest BCUT2D eigenvalue weighted by Crippen LogP contribution is 2.48. The van der Waals surface area contributed by atoms with Crippen molar-refractivity contribution in [1.29, 1.82) is 0 Å². The standard InChI is InChI=1S/C23H18ClF4N3O2.C23H19F4N5O.C22H20ClF3N6O/c24-16-10-13(23(26,27)28)11-30-18(16)9-12-8-14-4-5-19(12)31(14)22(32)15-2-1-3-17(25)20(15)21-29-6-7-33-21;24-17-4-1-3-16(20(17)21-28-7-2-8-29-21)22(33)32-15-5-6-18(32)13(10-15)9-14-11-31-19(12-30-14)23(25,26)27;1-12-6-16(20(28-10-12)32-29-4-5-30-32)21(33)31-15-2-3-19(31)13(7-15)8-18-17(23)9-14(11-27-18)22(24,25)26/h1-3,6-7,10-12,14,19H,4-5,8-9H2;1-4,7-8,11-13,15,18H,5-6,9-10H2;4-6,9-11,13,15,19H,2-3,7-8H2,1H3/i;10D2;. The van der Waals surface area contributed by atoms with Crippen LogP contribution in [0.25, 0.3) is 28.7 Å². The summed E-state index contributed by atoms with van der Waals surface area (Å²) in [4.78, 5) is 79.0. The molecule has 31 heteroatoms. The average Bonchev–Trinajstić information content (AvgIpc) is 1.57. The molecule has 2 aromatic carbocycles. The maximum absolute atomic E-state index is 14.8. The van der Waals surface area contributed by atoms with Crippen molar-refractivity contribution < 1.29 is 69.8 Å². The Hall–Kier alpha value is -9.38. The minimum absolute atomic E-state index is 0.000372. The molecule has 6 aliphatic rings. The van der Waals surface area contributed by atoms with Gasteiger partial charge in [-0.1, -0.05) is 35.3 Å². The number of halogens is 13. The molecule has 18 nitrogen and oxygen atoms in total. The lowest BCUT2D eigenvalue weighted by atomic mass is 9.86. The van der Waals surface area contributed by atoms with Crippen molar-refractivity contribution in [1.82, 2.24) is 69.6 Å². The number of amides is 3. The van der Waals surface area contributed by atoms with Crippen LogP contribution in [-0.4, -0.2) is 124 Å². The van der Waals surface area contributed by atoms with Gasteiger partial charge in [0.2, 0.25) is 5.89 Å². The van der Waals surface area contributed by atoms with Crippen LogP contribution < -0.4 is 0 Å². The molecule has 0 N–H and O–H groups in total. The van der Waals surface area contributed by atoms with Crippen LogP contribution in [0.2, 0.25) is 10.0 Å². The lowest BCUT2D eigenvalue weighted by Crippen LogP contribution is -2.37. The summed E-state index contributed by atoms with van der Waals surface area (Å²) in [6, 6.07) is 12.0. The number of carbonyl (C=O) groups is 3. The molecule has 13 heterocycles. The van der Waals surface area contributed by atoms with Crippen molar-refractivity contribution >= 4 is 40.9 Å². The molecule has 0 spiro atoms. The number of alkyl halides is 9. The highest BCUT2D eigenvalue weighted by molar-refractivity contribution is 6.31. The minimum atomic E-state index is -4.62. The van der Waals surface area contributed by atoms with Gasteiger partial charge in [0.15, 0.2) is 17.3 Å². The molecule has 514 valence electrons. The van der Waals surface area contributed by atoms with E-state index in [1.807, 2.05) is 11.8 Å². The van der Waals surface area contributed by atoms with Gasteiger partial charge in [-0.05, 0) is 156 Å². The molecular formula is C68H57Cl2F11N14O4. The third-order valence-corrected chi connectivity index (χ3v) is 19.6. The van der Waals surface area contributed by atoms with E-state index in [0.29, 0.717) is 61.1 Å². The predicted octanol–water partition coefficient (Wildman–Crippen LogP) is 14.4. The molecule has 7 aromatic heterocycles. The van der Waals surface area contributed by atoms with Crippen LogP contribution in [-0.2, 0) is 37.8 Å². The first kappa shape index (κ1) is 65.6. The van der Waals surface area contributed by atoms with Gasteiger partial charge in [-0.25, -0.2) is 33.7 Å². The first-order chi connectivity index (χ1) is 48.0. The van der Waals surface area contributed by atoms with Gasteiger partial charge in [0, 0.05) is 76.2 Å². The predicted molar refractivity (Wildman–Crippen MR) is 333 cm³/mol. The third-order valence-electron chi connectivity index (χ3n) is 18.9. The molecule has 9 unspecified atom stereocenters. The zero-order valence-electron chi connectivity index (χ0n) is 53.9. The molecule has 3 amide bonds. The van der Waals surface area contributed by atoms with Crippen molar-refractivity contribution in [3.8, 4) is 28.7 Å². The number of aryl methyl sites for hydroxylation is 1. The van der Waals surface area contributed by atoms with E-state index in [1.165, 1.54) is 77.3 Å². The zero-order chi connectivity index (χ0) is 71.6. The minimum Gasteiger partial charge on any atom is -0.444 e. The van der Waals surface area contributed by atoms with Gasteiger partial charge >= 0.3 is 18.5 Å². The Kier molecular flexibility index (Phi) is 18.1. The van der Waals surface area contributed by atoms with E-state index in [-0.39, 0.29) is 104 Å². The lowest BCUT2D eigenvalue weighted by molar-refractivity contribution is -0.141. The summed E-state index contributed by atoms with van der Waals surface area (Å²) in [6.07, 6.45) is 4.47. The summed E-state index contributed by atoms with van der Waals surface area (Å²) in [5, 5.41) is 8.19. The number of hydrogen-bond acceptors (Lipinski definition) is 14. The Bertz CT molecular complexity index is 4460. The summed E-state index contributed by atoms with van der Waals surface area (Å²) < 4.78 is 168. The maximum Gasteiger partial charge on any atom is 0.434 e. The monoisotopic (exact) mass is 1410 g/mol. The number of carbonyl (C=O) groups excluding carboxylic acids is 3. The largest absolute Gasteiger partial charge is 0.444 e. The van der Waals surface area contributed by atoms with Crippen molar-refractivity contribution in [2.24, 2.45) is 17.8 Å². The second kappa shape index (κ2) is 27.4. The van der Waals surface area contributed by atoms with E-state index in [0.717, 1.165) is 68.4 Å². The smallest absolute Gasteiger partial charge is 0.434 e. The number of fused-ring (bicyclic) bond motifs is 6. The third kappa shape index (κ3) is 13.9. The highest BCUT2D eigenvalue weighted by Gasteiger charge is 2.52. The van der Waals surface area contributed by atoms with E-state index in [9.17, 15) is 62.7 Å². The fourth-order valence-electron chi connectivity index (χ4n) is 14.7. The molecule has 0 saturated carbocycles. The summed E-state index contributed by atoms with van der Waals surface area (Å²) in [7, 11) is 0. The van der Waals surface area contributed by atoms with Crippen molar-refractivity contribution in [2.45, 2.75) is 139 Å². The van der Waals surface area contributed by atoms with Crippen molar-refractivity contribution in [2.75, 3.05) is 0 Å². The summed E-state index contributed by atoms with van der Waals surface area (Å²) in [6.45, 7) is 1.86. The Morgan fingerprint density at radius 1 is 0.535 bits per heavy atom. The number of benzene rings is 2. The van der Waals surface area contributed by atoms with Crippen molar-refractivity contribution in [3.05, 3.63) is 207 Å². The van der Waals surface area contributed by atoms with Gasteiger partial charge in [-0.2, -0.15) is 49.7 Å². The lowest BCUT2D eigenvalue weighted by Gasteiger charge is -2.25. The first-order valence-electron chi connectivity index (χ1n) is 32.4. The van der Waals surface area contributed by atoms with Crippen LogP contribution in [0.5, 0.6) is 0 Å². The van der Waals surface area contributed by atoms with Crippen LogP contribution in [0, 0.1) is 36.3 Å². The van der Waals surface area contributed by atoms with E-state index in [4.69, 9.17) is 30.4 Å². The van der Waals surface area contributed by atoms with Gasteiger partial charge in [-0.3, -0.25) is 29.3 Å². The number of rotatable bonds is 12. The Labute approximate surface area is 569 Å². The van der Waals surface area contributed by atoms with E-state index in [1.54, 1.807) is 29.3 Å². The SMILES string of the molecule is Cc1cnc(-n2nccn2)c(C(=O)N2C3CCC2C(Cc2ncc(C(F)(F)F)cc2Cl)C3)c1.O=C(c1cccc(F)c1-c1ncco1)N1C2CCC1C(Cc1ncc(C(F)(F)F)cc1Cl)C2.[2H]C1([2H])C(Cc2cnc(C(F)(F)F)cn2)C2CCC1N2C(=O)c1cccc(F)c1-c1ncccn1. The molecule has 99 heavy (non-hydrogen) atoms. The number of nitrogens with zero attached hydrogens (tertiary/aromatic N) is 14. The number of aromatic nitrogens is 11. The molecule has 9 aromatic rings. The quantitative estimate of drug-likeness (QED) is 0.104. The summed E-state index contributed by atoms with van der Waals surface area (Å²) >= 11 is 12.2. The van der Waals surface area contributed by atoms with E-state index in [2.05, 4.69) is 50.1 Å². The van der Waals surface area contributed by atoms with Crippen LogP contribution >= 0.6 is 23.2 Å². The Morgan fingerprint density at radius 2 is 1.06 bits per heavy atom. The second-order valence-corrected chi connectivity index (χ2v) is 25.7. The number of pyridine rings is 3. The summed E-state index contributed by atoms with van der Waals surface area (Å²) in [5.41, 5.74) is -0.468. The Morgan fingerprint density at radius 3 is 1.58 bits per heavy atom. The maximum atomic E-state index is 14.8. The van der Waals surface area contributed by atoms with E-state index >= 15 is 0 Å². The van der Waals surface area contributed by atoms with Crippen molar-refractivity contribution in [3.63, 3.8) is 0 Å². The zero-order valence-corrected chi connectivity index (χ0v) is 53.4. The van der Waals surface area contributed by atoms with Crippen LogP contribution in [0.4, 0.5) is 48.3 Å². The fraction of sp³-hybridized carbons (Fsp3) is 0.368. The molecule has 6 saturated heterocycles. The number of hydrogen-bond donors (Lipinski definition) is 0. The summed E-state index contributed by atoms with van der Waals surface area (Å²) in [5.74, 6) is -2.48. The van der Waals surface area contributed by atoms with Gasteiger partial charge in [0.1, 0.15) is 17.9 Å². The van der Waals surface area contributed by atoms with Gasteiger partial charge in [0.05, 0.1) is 90.9 Å². The molecular weight excluding hydrogens is 1360 g/mol. The molecule has 0 aliphatic carbocycles. The Balaban J connectivity index is 0.000000136. The number of oxazole rings is 1. The van der Waals surface area contributed by atoms with Gasteiger partial charge in [0.25, 0.3) is 17.7 Å². The van der Waals surface area contributed by atoms with Gasteiger partial charge in [-0.15, -0.1) is 4.80 Å². The molecule has 9 atom stereocenters. The molecule has 15 rings (SSSR count). The average molecular weight is 1420 g/mol. The highest BCUT2D eigenvalue weighted by atomic mass is 35.5. The van der Waals surface area contributed by atoms with Gasteiger partial charge < -0.3 is 19.1 Å². The van der Waals surface area contributed by atoms with Crippen LogP contribution in [0.15, 0.2) is 133 Å². The molecule has 6 aliphatic heterocycles. The van der Waals surface area contributed by atoms with E-state index < -0.39 is 77.3 Å².